The van der Waals surface area contributed by atoms with Crippen molar-refractivity contribution < 1.29 is 4.79 Å². The van der Waals surface area contributed by atoms with Gasteiger partial charge in [-0.15, -0.1) is 0 Å². The summed E-state index contributed by atoms with van der Waals surface area (Å²) in [6.07, 6.45) is 0. The lowest BCUT2D eigenvalue weighted by Gasteiger charge is -2.15. The molecule has 2 rings (SSSR count). The maximum atomic E-state index is 12.3. The molecule has 0 aliphatic carbocycles. The maximum Gasteiger partial charge on any atom is 0.274 e. The minimum absolute atomic E-state index is 0.0398. The van der Waals surface area contributed by atoms with Crippen molar-refractivity contribution in [1.29, 1.82) is 0 Å². The van der Waals surface area contributed by atoms with E-state index in [4.69, 9.17) is 0 Å². The van der Waals surface area contributed by atoms with E-state index < -0.39 is 0 Å². The monoisotopic (exact) mass is 246 g/mol. The van der Waals surface area contributed by atoms with E-state index in [1.54, 1.807) is 16.6 Å². The molecule has 0 aliphatic rings. The van der Waals surface area contributed by atoms with E-state index in [2.05, 4.69) is 10.4 Å². The molecular weight excluding hydrogens is 228 g/mol. The lowest BCUT2D eigenvalue weighted by atomic mass is 10.2. The standard InChI is InChI=1S/C13H18N4O/c1-14-8-9-16(2)13(18)12-10-6-4-5-7-11(10)17(3)15-12/h4-7,14H,8-9H2,1-3H3. The van der Waals surface area contributed by atoms with Crippen LogP contribution in [0.5, 0.6) is 0 Å². The molecule has 96 valence electrons. The summed E-state index contributed by atoms with van der Waals surface area (Å²) in [5, 5.41) is 8.26. The quantitative estimate of drug-likeness (QED) is 0.870. The van der Waals surface area contributed by atoms with E-state index in [-0.39, 0.29) is 5.91 Å². The molecular formula is C13H18N4O. The third-order valence-electron chi connectivity index (χ3n) is 3.00. The molecule has 0 radical (unpaired) electrons. The van der Waals surface area contributed by atoms with Crippen molar-refractivity contribution in [3.63, 3.8) is 0 Å². The number of rotatable bonds is 4. The van der Waals surface area contributed by atoms with Crippen LogP contribution in [-0.2, 0) is 7.05 Å². The number of nitrogens with one attached hydrogen (secondary N) is 1. The highest BCUT2D eigenvalue weighted by Gasteiger charge is 2.18. The van der Waals surface area contributed by atoms with Gasteiger partial charge in [-0.3, -0.25) is 9.48 Å². The fraction of sp³-hybridized carbons (Fsp3) is 0.385. The first kappa shape index (κ1) is 12.6. The van der Waals surface area contributed by atoms with Gasteiger partial charge in [0.15, 0.2) is 5.69 Å². The average Bonchev–Trinajstić information content (AvgIpc) is 2.73. The van der Waals surface area contributed by atoms with E-state index in [1.807, 2.05) is 38.4 Å². The number of benzene rings is 1. The molecule has 18 heavy (non-hydrogen) atoms. The molecule has 1 aromatic carbocycles. The van der Waals surface area contributed by atoms with Crippen molar-refractivity contribution in [2.24, 2.45) is 7.05 Å². The van der Waals surface area contributed by atoms with Gasteiger partial charge in [-0.1, -0.05) is 18.2 Å². The fourth-order valence-electron chi connectivity index (χ4n) is 1.93. The van der Waals surface area contributed by atoms with Crippen LogP contribution in [-0.4, -0.2) is 47.8 Å². The second-order valence-corrected chi connectivity index (χ2v) is 4.32. The van der Waals surface area contributed by atoms with Crippen LogP contribution in [0, 0.1) is 0 Å². The van der Waals surface area contributed by atoms with E-state index >= 15 is 0 Å². The molecule has 0 fully saturated rings. The summed E-state index contributed by atoms with van der Waals surface area (Å²) in [5.74, 6) is -0.0398. The molecule has 1 heterocycles. The molecule has 1 N–H and O–H groups in total. The Bertz CT molecular complexity index is 561. The van der Waals surface area contributed by atoms with Gasteiger partial charge in [-0.25, -0.2) is 0 Å². The number of hydrogen-bond donors (Lipinski definition) is 1. The van der Waals surface area contributed by atoms with Crippen LogP contribution in [0.1, 0.15) is 10.5 Å². The summed E-state index contributed by atoms with van der Waals surface area (Å²) in [5.41, 5.74) is 1.49. The highest BCUT2D eigenvalue weighted by atomic mass is 16.2. The molecule has 1 amide bonds. The van der Waals surface area contributed by atoms with Crippen molar-refractivity contribution in [2.75, 3.05) is 27.2 Å². The average molecular weight is 246 g/mol. The highest BCUT2D eigenvalue weighted by Crippen LogP contribution is 2.18. The van der Waals surface area contributed by atoms with Gasteiger partial charge in [0.05, 0.1) is 5.52 Å². The SMILES string of the molecule is CNCCN(C)C(=O)c1nn(C)c2ccccc12. The molecule has 0 aliphatic heterocycles. The number of carbonyl (C=O) groups is 1. The molecule has 0 saturated carbocycles. The molecule has 1 aromatic heterocycles. The van der Waals surface area contributed by atoms with Gasteiger partial charge >= 0.3 is 0 Å². The highest BCUT2D eigenvalue weighted by molar-refractivity contribution is 6.04. The largest absolute Gasteiger partial charge is 0.339 e. The van der Waals surface area contributed by atoms with Gasteiger partial charge < -0.3 is 10.2 Å². The van der Waals surface area contributed by atoms with Gasteiger partial charge in [0.1, 0.15) is 0 Å². The zero-order valence-electron chi connectivity index (χ0n) is 11.0. The summed E-state index contributed by atoms with van der Waals surface area (Å²) in [6, 6.07) is 7.77. The Morgan fingerprint density at radius 3 is 2.89 bits per heavy atom. The van der Waals surface area contributed by atoms with E-state index in [0.717, 1.165) is 17.4 Å². The van der Waals surface area contributed by atoms with Gasteiger partial charge in [0.2, 0.25) is 0 Å². The fourth-order valence-corrected chi connectivity index (χ4v) is 1.93. The number of para-hydroxylation sites is 1. The number of likely N-dealkylation sites (N-methyl/N-ethyl adjacent to an activating group) is 2. The maximum absolute atomic E-state index is 12.3. The van der Waals surface area contributed by atoms with Crippen LogP contribution in [0.25, 0.3) is 10.9 Å². The molecule has 0 saturated heterocycles. The molecule has 0 bridgehead atoms. The number of amides is 1. The van der Waals surface area contributed by atoms with Crippen LogP contribution in [0.3, 0.4) is 0 Å². The Kier molecular flexibility index (Phi) is 3.62. The van der Waals surface area contributed by atoms with Crippen molar-refractivity contribution in [2.45, 2.75) is 0 Å². The zero-order valence-corrected chi connectivity index (χ0v) is 11.0. The summed E-state index contributed by atoms with van der Waals surface area (Å²) >= 11 is 0. The molecule has 0 atom stereocenters. The number of aromatic nitrogens is 2. The third kappa shape index (κ3) is 2.22. The van der Waals surface area contributed by atoms with Crippen molar-refractivity contribution in [1.82, 2.24) is 20.0 Å². The first-order valence-corrected chi connectivity index (χ1v) is 5.97. The number of hydrogen-bond acceptors (Lipinski definition) is 3. The Morgan fingerprint density at radius 2 is 2.17 bits per heavy atom. The summed E-state index contributed by atoms with van der Waals surface area (Å²) < 4.78 is 1.74. The number of carbonyl (C=O) groups excluding carboxylic acids is 1. The molecule has 5 nitrogen and oxygen atoms in total. The van der Waals surface area contributed by atoms with Crippen LogP contribution >= 0.6 is 0 Å². The summed E-state index contributed by atoms with van der Waals surface area (Å²) in [6.45, 7) is 1.44. The Balaban J connectivity index is 2.33. The van der Waals surface area contributed by atoms with Crippen LogP contribution in [0.2, 0.25) is 0 Å². The Labute approximate surface area is 106 Å². The van der Waals surface area contributed by atoms with Gasteiger partial charge in [0.25, 0.3) is 5.91 Å². The van der Waals surface area contributed by atoms with Crippen molar-refractivity contribution in [3.8, 4) is 0 Å². The lowest BCUT2D eigenvalue weighted by Crippen LogP contribution is -2.33. The van der Waals surface area contributed by atoms with E-state index in [0.29, 0.717) is 12.2 Å². The van der Waals surface area contributed by atoms with Gasteiger partial charge in [-0.05, 0) is 13.1 Å². The molecule has 2 aromatic rings. The third-order valence-corrected chi connectivity index (χ3v) is 3.00. The minimum Gasteiger partial charge on any atom is -0.339 e. The Morgan fingerprint density at radius 1 is 1.44 bits per heavy atom. The first-order chi connectivity index (χ1) is 8.65. The summed E-state index contributed by atoms with van der Waals surface area (Å²) in [7, 11) is 5.52. The van der Waals surface area contributed by atoms with E-state index in [1.165, 1.54) is 0 Å². The van der Waals surface area contributed by atoms with Gasteiger partial charge in [-0.2, -0.15) is 5.10 Å². The minimum atomic E-state index is -0.0398. The number of fused-ring (bicyclic) bond motifs is 1. The van der Waals surface area contributed by atoms with Crippen molar-refractivity contribution in [3.05, 3.63) is 30.0 Å². The van der Waals surface area contributed by atoms with Crippen LogP contribution in [0.15, 0.2) is 24.3 Å². The second-order valence-electron chi connectivity index (χ2n) is 4.32. The topological polar surface area (TPSA) is 50.2 Å². The normalized spacial score (nSPS) is 10.8. The number of aryl methyl sites for hydroxylation is 1. The van der Waals surface area contributed by atoms with Crippen LogP contribution < -0.4 is 5.32 Å². The smallest absolute Gasteiger partial charge is 0.274 e. The van der Waals surface area contributed by atoms with Crippen molar-refractivity contribution >= 4 is 16.8 Å². The number of nitrogens with zero attached hydrogens (tertiary/aromatic N) is 3. The predicted octanol–water partition coefficient (Wildman–Crippen LogP) is 0.865. The Hall–Kier alpha value is -1.88. The van der Waals surface area contributed by atoms with E-state index in [9.17, 15) is 4.79 Å². The first-order valence-electron chi connectivity index (χ1n) is 5.97. The predicted molar refractivity (Wildman–Crippen MR) is 71.6 cm³/mol. The second kappa shape index (κ2) is 5.18. The zero-order chi connectivity index (χ0) is 13.1. The van der Waals surface area contributed by atoms with Crippen LogP contribution in [0.4, 0.5) is 0 Å². The lowest BCUT2D eigenvalue weighted by molar-refractivity contribution is 0.0792. The summed E-state index contributed by atoms with van der Waals surface area (Å²) in [4.78, 5) is 14.0. The van der Waals surface area contributed by atoms with Gasteiger partial charge in [0, 0.05) is 32.6 Å². The molecule has 5 heteroatoms. The molecule has 0 spiro atoms. The molecule has 0 unspecified atom stereocenters.